The number of piperidine rings is 1. The number of nitrogens with zero attached hydrogens (tertiary/aromatic N) is 1. The van der Waals surface area contributed by atoms with Gasteiger partial charge in [-0.3, -0.25) is 4.79 Å². The molecule has 4 rings (SSSR count). The molecule has 136 valence electrons. The molecule has 0 amide bonds. The van der Waals surface area contributed by atoms with E-state index >= 15 is 0 Å². The van der Waals surface area contributed by atoms with Crippen molar-refractivity contribution in [3.05, 3.63) is 71.4 Å². The molecular formula is C22H25ClN2O. The Labute approximate surface area is 160 Å². The predicted molar refractivity (Wildman–Crippen MR) is 109 cm³/mol. The lowest BCUT2D eigenvalue weighted by molar-refractivity contribution is 0.0993. The fraction of sp³-hybridized carbons (Fsp3) is 0.318. The molecule has 0 saturated carbocycles. The third-order valence-electron chi connectivity index (χ3n) is 5.40. The summed E-state index contributed by atoms with van der Waals surface area (Å²) in [5.74, 6) is 0.771. The summed E-state index contributed by atoms with van der Waals surface area (Å²) < 4.78 is 0. The smallest absolute Gasteiger partial charge is 0.167 e. The van der Waals surface area contributed by atoms with Crippen LogP contribution in [0.3, 0.4) is 0 Å². The van der Waals surface area contributed by atoms with E-state index in [4.69, 9.17) is 0 Å². The summed E-state index contributed by atoms with van der Waals surface area (Å²) in [5.41, 5.74) is 4.38. The van der Waals surface area contributed by atoms with E-state index in [1.165, 1.54) is 23.8 Å². The number of ketones is 1. The first-order chi connectivity index (χ1) is 12.2. The van der Waals surface area contributed by atoms with Crippen LogP contribution in [0.4, 0.5) is 0 Å². The number of benzene rings is 2. The van der Waals surface area contributed by atoms with Gasteiger partial charge in [-0.25, -0.2) is 0 Å². The van der Waals surface area contributed by atoms with Gasteiger partial charge in [0.05, 0.1) is 0 Å². The largest absolute Gasteiger partial charge is 0.361 e. The summed E-state index contributed by atoms with van der Waals surface area (Å²) in [6.07, 6.45) is 4.98. The third kappa shape index (κ3) is 3.84. The van der Waals surface area contributed by atoms with Crippen LogP contribution < -0.4 is 0 Å². The number of Topliss-reactive ketones (excluding diaryl/α,β-unsaturated/α-hetero) is 1. The second kappa shape index (κ2) is 8.07. The molecule has 2 heterocycles. The first-order valence-electron chi connectivity index (χ1n) is 9.07. The molecule has 0 unspecified atom stereocenters. The van der Waals surface area contributed by atoms with E-state index in [1.807, 2.05) is 42.5 Å². The summed E-state index contributed by atoms with van der Waals surface area (Å²) in [4.78, 5) is 18.5. The molecule has 3 aromatic rings. The summed E-state index contributed by atoms with van der Waals surface area (Å²) in [5, 5.41) is 1.22. The minimum absolute atomic E-state index is 0. The number of aromatic nitrogens is 1. The zero-order chi connectivity index (χ0) is 17.2. The first kappa shape index (κ1) is 18.7. The fourth-order valence-electron chi connectivity index (χ4n) is 3.86. The number of fused-ring (bicyclic) bond motifs is 1. The van der Waals surface area contributed by atoms with Gasteiger partial charge in [-0.15, -0.1) is 12.4 Å². The number of likely N-dealkylation sites (tertiary alicyclic amines) is 1. The van der Waals surface area contributed by atoms with Crippen molar-refractivity contribution < 1.29 is 4.79 Å². The molecule has 1 aliphatic rings. The molecule has 1 saturated heterocycles. The lowest BCUT2D eigenvalue weighted by Gasteiger charge is -2.28. The topological polar surface area (TPSA) is 36.1 Å². The van der Waals surface area contributed by atoms with E-state index in [-0.39, 0.29) is 18.2 Å². The number of carbonyl (C=O) groups excluding carboxylic acids is 1. The number of rotatable bonds is 4. The van der Waals surface area contributed by atoms with Gasteiger partial charge in [0.1, 0.15) is 0 Å². The Morgan fingerprint density at radius 1 is 1.12 bits per heavy atom. The molecule has 0 bridgehead atoms. The number of carbonyl (C=O) groups is 1. The fourth-order valence-corrected chi connectivity index (χ4v) is 3.86. The Kier molecular flexibility index (Phi) is 5.80. The second-order valence-electron chi connectivity index (χ2n) is 7.17. The predicted octanol–water partition coefficient (Wildman–Crippen LogP) is 4.82. The van der Waals surface area contributed by atoms with Crippen LogP contribution in [0.25, 0.3) is 10.9 Å². The zero-order valence-corrected chi connectivity index (χ0v) is 15.9. The van der Waals surface area contributed by atoms with Crippen LogP contribution in [0.15, 0.2) is 54.7 Å². The lowest BCUT2D eigenvalue weighted by Crippen LogP contribution is -2.29. The summed E-state index contributed by atoms with van der Waals surface area (Å²) in [7, 11) is 2.19. The quantitative estimate of drug-likeness (QED) is 0.670. The number of halogens is 1. The van der Waals surface area contributed by atoms with Crippen molar-refractivity contribution in [2.24, 2.45) is 0 Å². The molecule has 0 radical (unpaired) electrons. The standard InChI is InChI=1S/C22H24N2O.ClH/c1-24-11-9-17(10-12-24)20-15-23-21-8-7-18(14-19(20)21)22(25)13-16-5-3-2-4-6-16;/h2-8,14-15,17,23H,9-13H2,1H3;1H. The highest BCUT2D eigenvalue weighted by Gasteiger charge is 2.21. The van der Waals surface area contributed by atoms with Gasteiger partial charge in [-0.2, -0.15) is 0 Å². The third-order valence-corrected chi connectivity index (χ3v) is 5.40. The van der Waals surface area contributed by atoms with Gasteiger partial charge < -0.3 is 9.88 Å². The highest BCUT2D eigenvalue weighted by atomic mass is 35.5. The Balaban J connectivity index is 0.00000196. The van der Waals surface area contributed by atoms with E-state index in [1.54, 1.807) is 0 Å². The maximum Gasteiger partial charge on any atom is 0.167 e. The SMILES string of the molecule is CN1CCC(c2c[nH]c3ccc(C(=O)Cc4ccccc4)cc23)CC1.Cl. The highest BCUT2D eigenvalue weighted by molar-refractivity contribution is 6.01. The van der Waals surface area contributed by atoms with Crippen molar-refractivity contribution in [2.75, 3.05) is 20.1 Å². The van der Waals surface area contributed by atoms with Crippen LogP contribution in [0.5, 0.6) is 0 Å². The molecule has 4 heteroatoms. The minimum atomic E-state index is 0. The molecule has 1 N–H and O–H groups in total. The Bertz CT molecular complexity index is 880. The van der Waals surface area contributed by atoms with E-state index in [9.17, 15) is 4.79 Å². The van der Waals surface area contributed by atoms with Crippen molar-refractivity contribution >= 4 is 29.1 Å². The average molecular weight is 369 g/mol. The van der Waals surface area contributed by atoms with Crippen molar-refractivity contribution in [1.29, 1.82) is 0 Å². The van der Waals surface area contributed by atoms with E-state index in [0.29, 0.717) is 12.3 Å². The summed E-state index contributed by atoms with van der Waals surface area (Å²) in [6.45, 7) is 2.29. The van der Waals surface area contributed by atoms with Gasteiger partial charge in [-0.05, 0) is 68.2 Å². The summed E-state index contributed by atoms with van der Waals surface area (Å²) in [6, 6.07) is 16.0. The maximum atomic E-state index is 12.7. The Morgan fingerprint density at radius 2 is 1.85 bits per heavy atom. The van der Waals surface area contributed by atoms with Gasteiger partial charge in [0.2, 0.25) is 0 Å². The van der Waals surface area contributed by atoms with Crippen molar-refractivity contribution in [3.8, 4) is 0 Å². The second-order valence-corrected chi connectivity index (χ2v) is 7.17. The van der Waals surface area contributed by atoms with Crippen LogP contribution >= 0.6 is 12.4 Å². The number of aromatic amines is 1. The highest BCUT2D eigenvalue weighted by Crippen LogP contribution is 2.33. The van der Waals surface area contributed by atoms with Crippen molar-refractivity contribution in [3.63, 3.8) is 0 Å². The van der Waals surface area contributed by atoms with Crippen LogP contribution in [-0.2, 0) is 6.42 Å². The Hall–Kier alpha value is -2.10. The van der Waals surface area contributed by atoms with Crippen molar-refractivity contribution in [1.82, 2.24) is 9.88 Å². The monoisotopic (exact) mass is 368 g/mol. The molecule has 0 spiro atoms. The molecular weight excluding hydrogens is 344 g/mol. The van der Waals surface area contributed by atoms with Gasteiger partial charge >= 0.3 is 0 Å². The zero-order valence-electron chi connectivity index (χ0n) is 15.1. The van der Waals surface area contributed by atoms with E-state index in [0.717, 1.165) is 29.7 Å². The van der Waals surface area contributed by atoms with Crippen LogP contribution in [-0.4, -0.2) is 35.8 Å². The molecule has 1 aliphatic heterocycles. The summed E-state index contributed by atoms with van der Waals surface area (Å²) >= 11 is 0. The molecule has 1 aromatic heterocycles. The van der Waals surface area contributed by atoms with Gasteiger partial charge in [0.25, 0.3) is 0 Å². The van der Waals surface area contributed by atoms with E-state index < -0.39 is 0 Å². The average Bonchev–Trinajstić information content (AvgIpc) is 3.06. The van der Waals surface area contributed by atoms with Crippen molar-refractivity contribution in [2.45, 2.75) is 25.2 Å². The van der Waals surface area contributed by atoms with Gasteiger partial charge in [0, 0.05) is 29.1 Å². The van der Waals surface area contributed by atoms with Gasteiger partial charge in [0.15, 0.2) is 5.78 Å². The lowest BCUT2D eigenvalue weighted by atomic mass is 9.89. The van der Waals surface area contributed by atoms with Crippen LogP contribution in [0.2, 0.25) is 0 Å². The molecule has 1 fully saturated rings. The molecule has 3 nitrogen and oxygen atoms in total. The number of hydrogen-bond donors (Lipinski definition) is 1. The minimum Gasteiger partial charge on any atom is -0.361 e. The normalized spacial score (nSPS) is 15.7. The molecule has 0 atom stereocenters. The maximum absolute atomic E-state index is 12.7. The molecule has 26 heavy (non-hydrogen) atoms. The number of nitrogens with one attached hydrogen (secondary N) is 1. The van der Waals surface area contributed by atoms with Crippen LogP contribution in [0.1, 0.15) is 40.2 Å². The molecule has 0 aliphatic carbocycles. The van der Waals surface area contributed by atoms with Gasteiger partial charge in [-0.1, -0.05) is 30.3 Å². The number of H-pyrrole nitrogens is 1. The van der Waals surface area contributed by atoms with Crippen LogP contribution in [0, 0.1) is 0 Å². The molecule has 2 aromatic carbocycles. The first-order valence-corrected chi connectivity index (χ1v) is 9.07. The van der Waals surface area contributed by atoms with E-state index in [2.05, 4.69) is 29.2 Å². The Morgan fingerprint density at radius 3 is 2.58 bits per heavy atom. The number of hydrogen-bond acceptors (Lipinski definition) is 2.